The van der Waals surface area contributed by atoms with Gasteiger partial charge in [-0.25, -0.2) is 13.6 Å². The van der Waals surface area contributed by atoms with E-state index in [0.29, 0.717) is 28.3 Å². The highest BCUT2D eigenvalue weighted by Crippen LogP contribution is 2.30. The van der Waals surface area contributed by atoms with Crippen molar-refractivity contribution in [2.24, 2.45) is 5.14 Å². The molecule has 0 bridgehead atoms. The van der Waals surface area contributed by atoms with Crippen LogP contribution in [0.15, 0.2) is 46.2 Å². The number of carbonyl (C=O) groups excluding carboxylic acids is 1. The Hall–Kier alpha value is -2.66. The maximum Gasteiger partial charge on any atom is 0.421 e. The molecule has 1 aliphatic rings. The van der Waals surface area contributed by atoms with Crippen LogP contribution in [0.5, 0.6) is 0 Å². The molecule has 1 amide bonds. The largest absolute Gasteiger partial charge is 0.421 e. The van der Waals surface area contributed by atoms with Crippen LogP contribution in [-0.2, 0) is 34.0 Å². The minimum atomic E-state index is -4.83. The first kappa shape index (κ1) is 19.1. The molecule has 144 valence electrons. The number of anilines is 1. The number of fused-ring (bicyclic) bond motifs is 1. The second kappa shape index (κ2) is 6.50. The molecule has 0 saturated carbocycles. The molecular formula is C16H14F3N3O4S. The van der Waals surface area contributed by atoms with E-state index >= 15 is 0 Å². The molecule has 0 spiro atoms. The van der Waals surface area contributed by atoms with Crippen molar-refractivity contribution in [3.05, 3.63) is 58.0 Å². The fraction of sp³-hybridized carbons (Fsp3) is 0.250. The number of alkyl halides is 3. The Morgan fingerprint density at radius 2 is 1.93 bits per heavy atom. The second-order valence-corrected chi connectivity index (χ2v) is 7.55. The maximum absolute atomic E-state index is 12.8. The normalized spacial score (nSPS) is 14.3. The minimum Gasteiger partial charge on any atom is -0.310 e. The van der Waals surface area contributed by atoms with Gasteiger partial charge in [0.2, 0.25) is 15.9 Å². The molecule has 1 aromatic carbocycles. The Labute approximate surface area is 151 Å². The van der Waals surface area contributed by atoms with Crippen LogP contribution in [-0.4, -0.2) is 25.4 Å². The third-order valence-corrected chi connectivity index (χ3v) is 5.12. The number of amides is 1. The van der Waals surface area contributed by atoms with Gasteiger partial charge >= 0.3 is 6.18 Å². The molecule has 7 nitrogen and oxygen atoms in total. The topological polar surface area (TPSA) is 102 Å². The predicted molar refractivity (Wildman–Crippen MR) is 89.6 cm³/mol. The molecule has 0 fully saturated rings. The van der Waals surface area contributed by atoms with Gasteiger partial charge < -0.3 is 9.47 Å². The highest BCUT2D eigenvalue weighted by Gasteiger charge is 2.34. The molecule has 3 rings (SSSR count). The molecule has 11 heteroatoms. The van der Waals surface area contributed by atoms with E-state index in [-0.39, 0.29) is 11.4 Å². The van der Waals surface area contributed by atoms with Gasteiger partial charge in [-0.2, -0.15) is 13.2 Å². The zero-order valence-corrected chi connectivity index (χ0v) is 14.5. The number of carbonyl (C=O) groups is 1. The van der Waals surface area contributed by atoms with Gasteiger partial charge in [-0.15, -0.1) is 0 Å². The van der Waals surface area contributed by atoms with E-state index in [1.807, 2.05) is 0 Å². The summed E-state index contributed by atoms with van der Waals surface area (Å²) in [5.74, 6) is -0.637. The van der Waals surface area contributed by atoms with Gasteiger partial charge in [0.15, 0.2) is 0 Å². The Balaban J connectivity index is 1.92. The summed E-state index contributed by atoms with van der Waals surface area (Å²) >= 11 is 0. The van der Waals surface area contributed by atoms with E-state index in [2.05, 4.69) is 0 Å². The first-order valence-corrected chi connectivity index (χ1v) is 9.26. The van der Waals surface area contributed by atoms with Crippen LogP contribution in [0.4, 0.5) is 18.9 Å². The summed E-state index contributed by atoms with van der Waals surface area (Å²) in [4.78, 5) is 25.6. The third kappa shape index (κ3) is 3.74. The average molecular weight is 401 g/mol. The van der Waals surface area contributed by atoms with Crippen LogP contribution >= 0.6 is 0 Å². The molecule has 0 unspecified atom stereocenters. The number of sulfonamides is 1. The number of hydrogen-bond acceptors (Lipinski definition) is 4. The Morgan fingerprint density at radius 1 is 1.22 bits per heavy atom. The van der Waals surface area contributed by atoms with Crippen molar-refractivity contribution in [2.45, 2.75) is 24.0 Å². The van der Waals surface area contributed by atoms with Crippen molar-refractivity contribution in [3.63, 3.8) is 0 Å². The molecule has 0 aliphatic carbocycles. The van der Waals surface area contributed by atoms with Gasteiger partial charge in [-0.05, 0) is 36.2 Å². The van der Waals surface area contributed by atoms with E-state index in [1.54, 1.807) is 0 Å². The van der Waals surface area contributed by atoms with Crippen LogP contribution in [0.1, 0.15) is 11.1 Å². The molecule has 2 N–H and O–H groups in total. The number of halogens is 3. The smallest absolute Gasteiger partial charge is 0.310 e. The zero-order valence-electron chi connectivity index (χ0n) is 13.7. The van der Waals surface area contributed by atoms with Gasteiger partial charge in [-0.1, -0.05) is 6.07 Å². The summed E-state index contributed by atoms with van der Waals surface area (Å²) in [5.41, 5.74) is -1.68. The Morgan fingerprint density at radius 3 is 2.56 bits per heavy atom. The van der Waals surface area contributed by atoms with Gasteiger partial charge in [-0.3, -0.25) is 9.59 Å². The lowest BCUT2D eigenvalue weighted by Crippen LogP contribution is -2.37. The summed E-state index contributed by atoms with van der Waals surface area (Å²) in [6.45, 7) is -0.391. The lowest BCUT2D eigenvalue weighted by molar-refractivity contribution is -0.139. The number of nitrogens with zero attached hydrogens (tertiary/aromatic N) is 2. The maximum atomic E-state index is 12.8. The zero-order chi connectivity index (χ0) is 20.0. The van der Waals surface area contributed by atoms with Crippen LogP contribution < -0.4 is 15.6 Å². The minimum absolute atomic E-state index is 0.183. The first-order chi connectivity index (χ1) is 12.5. The van der Waals surface area contributed by atoms with E-state index in [9.17, 15) is 31.2 Å². The lowest BCUT2D eigenvalue weighted by atomic mass is 10.2. The molecule has 2 aromatic rings. The summed E-state index contributed by atoms with van der Waals surface area (Å²) in [5, 5.41) is 5.09. The van der Waals surface area contributed by atoms with Gasteiger partial charge in [0.25, 0.3) is 5.56 Å². The van der Waals surface area contributed by atoms with Crippen LogP contribution in [0.3, 0.4) is 0 Å². The number of pyridine rings is 1. The number of primary sulfonamides is 1. The number of aromatic nitrogens is 1. The van der Waals surface area contributed by atoms with Gasteiger partial charge in [0, 0.05) is 18.4 Å². The van der Waals surface area contributed by atoms with Crippen molar-refractivity contribution in [1.29, 1.82) is 0 Å². The van der Waals surface area contributed by atoms with E-state index in [4.69, 9.17) is 5.14 Å². The average Bonchev–Trinajstić information content (AvgIpc) is 2.98. The summed E-state index contributed by atoms with van der Waals surface area (Å²) < 4.78 is 62.2. The van der Waals surface area contributed by atoms with Gasteiger partial charge in [0.05, 0.1) is 4.90 Å². The first-order valence-electron chi connectivity index (χ1n) is 7.71. The van der Waals surface area contributed by atoms with Crippen molar-refractivity contribution >= 4 is 21.6 Å². The predicted octanol–water partition coefficient (Wildman–Crippen LogP) is 1.10. The summed E-state index contributed by atoms with van der Waals surface area (Å²) in [6, 6.07) is 5.77. The van der Waals surface area contributed by atoms with Crippen molar-refractivity contribution < 1.29 is 26.4 Å². The number of benzene rings is 1. The van der Waals surface area contributed by atoms with Crippen LogP contribution in [0.25, 0.3) is 0 Å². The molecule has 0 saturated heterocycles. The fourth-order valence-corrected chi connectivity index (χ4v) is 3.44. The molecule has 1 aromatic heterocycles. The third-order valence-electron chi connectivity index (χ3n) is 4.21. The highest BCUT2D eigenvalue weighted by atomic mass is 32.2. The molecule has 2 heterocycles. The Bertz CT molecular complexity index is 1080. The lowest BCUT2D eigenvalue weighted by Gasteiger charge is -2.19. The van der Waals surface area contributed by atoms with Crippen LogP contribution in [0.2, 0.25) is 0 Å². The molecular weight excluding hydrogens is 387 g/mol. The fourth-order valence-electron chi connectivity index (χ4n) is 2.90. The summed E-state index contributed by atoms with van der Waals surface area (Å²) in [6.07, 6.45) is -3.29. The highest BCUT2D eigenvalue weighted by molar-refractivity contribution is 7.89. The number of rotatable bonds is 3. The SMILES string of the molecule is NS(=O)(=O)c1ccc2c(c1)N(C(=O)Cn1cccc(C(F)(F)F)c1=O)CC2. The van der Waals surface area contributed by atoms with E-state index < -0.39 is 39.8 Å². The molecule has 0 radical (unpaired) electrons. The standard InChI is InChI=1S/C16H14F3N3O4S/c17-16(18,19)12-2-1-6-21(15(12)24)9-14(23)22-7-5-10-3-4-11(8-13(10)22)27(20,25)26/h1-4,6,8H,5,7,9H2,(H2,20,25,26). The second-order valence-electron chi connectivity index (χ2n) is 5.98. The number of nitrogens with two attached hydrogens (primary N) is 1. The van der Waals surface area contributed by atoms with Crippen molar-refractivity contribution in [1.82, 2.24) is 4.57 Å². The van der Waals surface area contributed by atoms with Crippen LogP contribution in [0, 0.1) is 0 Å². The van der Waals surface area contributed by atoms with Gasteiger partial charge in [0.1, 0.15) is 12.1 Å². The quantitative estimate of drug-likeness (QED) is 0.832. The summed E-state index contributed by atoms with van der Waals surface area (Å²) in [7, 11) is -3.98. The number of hydrogen-bond donors (Lipinski definition) is 1. The van der Waals surface area contributed by atoms with Crippen molar-refractivity contribution in [2.75, 3.05) is 11.4 Å². The molecule has 0 atom stereocenters. The van der Waals surface area contributed by atoms with Crippen molar-refractivity contribution in [3.8, 4) is 0 Å². The molecule has 27 heavy (non-hydrogen) atoms. The van der Waals surface area contributed by atoms with E-state index in [0.717, 1.165) is 12.3 Å². The molecule has 1 aliphatic heterocycles. The monoisotopic (exact) mass is 401 g/mol. The van der Waals surface area contributed by atoms with E-state index in [1.165, 1.54) is 23.1 Å². The Kier molecular flexibility index (Phi) is 4.60.